The van der Waals surface area contributed by atoms with Gasteiger partial charge in [0.1, 0.15) is 12.0 Å². The van der Waals surface area contributed by atoms with Crippen LogP contribution in [-0.2, 0) is 0 Å². The molecule has 1 aliphatic rings. The zero-order valence-electron chi connectivity index (χ0n) is 18.4. The predicted molar refractivity (Wildman–Crippen MR) is 128 cm³/mol. The first-order valence-corrected chi connectivity index (χ1v) is 10.1. The van der Waals surface area contributed by atoms with Gasteiger partial charge in [-0.3, -0.25) is 0 Å². The van der Waals surface area contributed by atoms with Crippen LogP contribution in [0.25, 0.3) is 22.9 Å². The molecule has 2 aromatic rings. The molecule has 0 saturated carbocycles. The summed E-state index contributed by atoms with van der Waals surface area (Å²) >= 11 is 0. The number of aromatic hydroxyl groups is 1. The number of anilines is 1. The van der Waals surface area contributed by atoms with E-state index in [4.69, 9.17) is 27.0 Å². The van der Waals surface area contributed by atoms with Gasteiger partial charge in [0.2, 0.25) is 0 Å². The fraction of sp³-hybridized carbons (Fsp3) is 0.292. The number of hydrogen-bond acceptors (Lipinski definition) is 7. The van der Waals surface area contributed by atoms with Gasteiger partial charge in [-0.25, -0.2) is 0 Å². The number of nitrogens with two attached hydrogens (primary N) is 3. The lowest BCUT2D eigenvalue weighted by molar-refractivity contribution is 0.297. The van der Waals surface area contributed by atoms with Gasteiger partial charge in [-0.1, -0.05) is 12.1 Å². The molecule has 0 radical (unpaired) electrons. The van der Waals surface area contributed by atoms with Crippen LogP contribution in [0.2, 0.25) is 0 Å². The Kier molecular flexibility index (Phi) is 5.74. The molecular formula is C24H31N5O2. The van der Waals surface area contributed by atoms with Crippen molar-refractivity contribution in [1.82, 2.24) is 5.32 Å². The molecule has 0 fully saturated rings. The lowest BCUT2D eigenvalue weighted by Gasteiger charge is -2.41. The van der Waals surface area contributed by atoms with Crippen LogP contribution in [0.1, 0.15) is 56.6 Å². The fourth-order valence-corrected chi connectivity index (χ4v) is 4.23. The van der Waals surface area contributed by atoms with Crippen molar-refractivity contribution >= 4 is 34.8 Å². The maximum Gasteiger partial charge on any atom is 0.152 e. The minimum atomic E-state index is -0.170. The first kappa shape index (κ1) is 22.2. The Hall–Kier alpha value is -3.45. The Bertz CT molecular complexity index is 1100. The number of phenolic OH excluding ortho intramolecular Hbond substituents is 1. The molecule has 0 bridgehead atoms. The average molecular weight is 422 g/mol. The van der Waals surface area contributed by atoms with Crippen LogP contribution < -0.4 is 22.5 Å². The number of nitrogens with one attached hydrogen (secondary N) is 2. The Morgan fingerprint density at radius 3 is 2.55 bits per heavy atom. The van der Waals surface area contributed by atoms with Gasteiger partial charge in [-0.05, 0) is 57.4 Å². The second kappa shape index (κ2) is 8.00. The molecule has 2 heterocycles. The van der Waals surface area contributed by atoms with E-state index in [0.29, 0.717) is 33.8 Å². The van der Waals surface area contributed by atoms with Gasteiger partial charge in [0.15, 0.2) is 5.76 Å². The summed E-state index contributed by atoms with van der Waals surface area (Å²) in [5.74, 6) is 0.412. The van der Waals surface area contributed by atoms with Gasteiger partial charge >= 0.3 is 0 Å². The molecule has 0 unspecified atom stereocenters. The van der Waals surface area contributed by atoms with Crippen molar-refractivity contribution in [3.05, 3.63) is 59.2 Å². The topological polar surface area (TPSA) is 147 Å². The van der Waals surface area contributed by atoms with Crippen molar-refractivity contribution in [2.45, 2.75) is 45.2 Å². The van der Waals surface area contributed by atoms with E-state index < -0.39 is 0 Å². The number of hydrogen-bond donors (Lipinski definition) is 6. The molecule has 3 rings (SSSR count). The van der Waals surface area contributed by atoms with E-state index in [0.717, 1.165) is 23.8 Å². The standard InChI is InChI=1S/C24H31N5O2/c1-23(2)9-15(10-24(3,4)29-23)18-13-31-21(22(18)28)8-19(27)17-6-5-14(7-20(17)30)16(11-25)12-26/h5-9,11-13,25,29-30H,10,26-28H2,1-4H3/b16-12+,19-8-,25-11?. The summed E-state index contributed by atoms with van der Waals surface area (Å²) in [7, 11) is 0. The van der Waals surface area contributed by atoms with Crippen LogP contribution in [0.15, 0.2) is 41.2 Å². The molecule has 0 aliphatic carbocycles. The smallest absolute Gasteiger partial charge is 0.152 e. The second-order valence-corrected chi connectivity index (χ2v) is 9.10. The van der Waals surface area contributed by atoms with E-state index in [1.54, 1.807) is 24.5 Å². The van der Waals surface area contributed by atoms with Crippen molar-refractivity contribution in [3.8, 4) is 5.75 Å². The average Bonchev–Trinajstić information content (AvgIpc) is 3.00. The molecule has 0 atom stereocenters. The van der Waals surface area contributed by atoms with E-state index in [9.17, 15) is 5.11 Å². The minimum absolute atomic E-state index is 0.0256. The van der Waals surface area contributed by atoms with Gasteiger partial charge in [0.25, 0.3) is 0 Å². The maximum absolute atomic E-state index is 10.4. The van der Waals surface area contributed by atoms with Crippen LogP contribution >= 0.6 is 0 Å². The first-order valence-electron chi connectivity index (χ1n) is 10.1. The molecular weight excluding hydrogens is 390 g/mol. The number of nitrogen functional groups attached to an aromatic ring is 1. The van der Waals surface area contributed by atoms with Crippen molar-refractivity contribution in [1.29, 1.82) is 5.41 Å². The van der Waals surface area contributed by atoms with Crippen molar-refractivity contribution in [2.24, 2.45) is 11.5 Å². The fourth-order valence-electron chi connectivity index (χ4n) is 4.23. The second-order valence-electron chi connectivity index (χ2n) is 9.10. The van der Waals surface area contributed by atoms with Gasteiger partial charge < -0.3 is 37.5 Å². The molecule has 7 nitrogen and oxygen atoms in total. The summed E-state index contributed by atoms with van der Waals surface area (Å²) in [6.07, 6.45) is 8.68. The van der Waals surface area contributed by atoms with Crippen LogP contribution in [0, 0.1) is 5.41 Å². The maximum atomic E-state index is 10.4. The first-order chi connectivity index (χ1) is 14.5. The summed E-state index contributed by atoms with van der Waals surface area (Å²) in [5.41, 5.74) is 22.3. The normalized spacial score (nSPS) is 18.5. The van der Waals surface area contributed by atoms with Crippen molar-refractivity contribution < 1.29 is 9.52 Å². The van der Waals surface area contributed by atoms with Gasteiger partial charge in [-0.2, -0.15) is 0 Å². The Morgan fingerprint density at radius 2 is 1.97 bits per heavy atom. The summed E-state index contributed by atoms with van der Waals surface area (Å²) < 4.78 is 5.73. The number of furan rings is 1. The van der Waals surface area contributed by atoms with E-state index in [1.165, 1.54) is 12.3 Å². The molecule has 0 saturated heterocycles. The molecule has 1 aliphatic heterocycles. The third-order valence-electron chi connectivity index (χ3n) is 5.30. The van der Waals surface area contributed by atoms with Gasteiger partial charge in [0, 0.05) is 52.0 Å². The van der Waals surface area contributed by atoms with Gasteiger partial charge in [-0.15, -0.1) is 0 Å². The zero-order valence-corrected chi connectivity index (χ0v) is 18.4. The minimum Gasteiger partial charge on any atom is -0.507 e. The highest BCUT2D eigenvalue weighted by molar-refractivity contribution is 6.08. The molecule has 0 amide bonds. The quantitative estimate of drug-likeness (QED) is 0.403. The molecule has 1 aromatic heterocycles. The highest BCUT2D eigenvalue weighted by atomic mass is 16.3. The summed E-state index contributed by atoms with van der Waals surface area (Å²) in [4.78, 5) is 0. The molecule has 9 N–H and O–H groups in total. The van der Waals surface area contributed by atoms with Crippen LogP contribution in [0.5, 0.6) is 5.75 Å². The molecule has 31 heavy (non-hydrogen) atoms. The predicted octanol–water partition coefficient (Wildman–Crippen LogP) is 3.91. The number of benzene rings is 1. The molecule has 7 heteroatoms. The molecule has 164 valence electrons. The van der Waals surface area contributed by atoms with Crippen LogP contribution in [-0.4, -0.2) is 22.4 Å². The lowest BCUT2D eigenvalue weighted by Crippen LogP contribution is -2.53. The third kappa shape index (κ3) is 4.67. The Labute approximate surface area is 182 Å². The van der Waals surface area contributed by atoms with Crippen LogP contribution in [0.4, 0.5) is 5.69 Å². The Balaban J connectivity index is 1.95. The van der Waals surface area contributed by atoms with E-state index in [1.807, 2.05) is 0 Å². The highest BCUT2D eigenvalue weighted by Crippen LogP contribution is 2.38. The summed E-state index contributed by atoms with van der Waals surface area (Å²) in [5, 5.41) is 21.4. The van der Waals surface area contributed by atoms with E-state index in [2.05, 4.69) is 39.1 Å². The van der Waals surface area contributed by atoms with Gasteiger partial charge in [0.05, 0.1) is 5.69 Å². The lowest BCUT2D eigenvalue weighted by atomic mass is 9.81. The Morgan fingerprint density at radius 1 is 1.26 bits per heavy atom. The SMILES string of the molecule is CC1(C)C=C(c2coc(/C=C(\N)c3ccc(/C(C=N)=C/N)cc3O)c2N)CC(C)(C)N1. The van der Waals surface area contributed by atoms with Crippen molar-refractivity contribution in [3.63, 3.8) is 0 Å². The molecule has 1 aromatic carbocycles. The zero-order chi connectivity index (χ0) is 23.0. The number of rotatable bonds is 5. The summed E-state index contributed by atoms with van der Waals surface area (Å²) in [6, 6.07) is 4.92. The van der Waals surface area contributed by atoms with E-state index >= 15 is 0 Å². The summed E-state index contributed by atoms with van der Waals surface area (Å²) in [6.45, 7) is 8.57. The number of phenols is 1. The largest absolute Gasteiger partial charge is 0.507 e. The van der Waals surface area contributed by atoms with E-state index in [-0.39, 0.29) is 16.8 Å². The van der Waals surface area contributed by atoms with Crippen molar-refractivity contribution in [2.75, 3.05) is 5.73 Å². The monoisotopic (exact) mass is 421 g/mol. The highest BCUT2D eigenvalue weighted by Gasteiger charge is 2.33. The number of allylic oxidation sites excluding steroid dienone is 1. The van der Waals surface area contributed by atoms with Crippen LogP contribution in [0.3, 0.4) is 0 Å². The third-order valence-corrected chi connectivity index (χ3v) is 5.30. The molecule has 0 spiro atoms.